The Morgan fingerprint density at radius 2 is 2.00 bits per heavy atom. The molecule has 3 heteroatoms. The molecule has 0 N–H and O–H groups in total. The molecule has 0 amide bonds. The van der Waals surface area contributed by atoms with Crippen LogP contribution in [0.4, 0.5) is 0 Å². The fourth-order valence-corrected chi connectivity index (χ4v) is 2.81. The number of likely N-dealkylation sites (tertiary alicyclic amines) is 1. The van der Waals surface area contributed by atoms with E-state index in [1.165, 1.54) is 24.8 Å². The SMILES string of the molecule is COc1cccc(C(C)C(C#N)N2CCCCC2)c1. The Kier molecular flexibility index (Phi) is 4.81. The molecule has 19 heavy (non-hydrogen) atoms. The molecule has 2 rings (SSSR count). The third kappa shape index (κ3) is 3.27. The van der Waals surface area contributed by atoms with Crippen LogP contribution in [0.5, 0.6) is 5.75 Å². The number of methoxy groups -OCH3 is 1. The molecule has 2 atom stereocenters. The summed E-state index contributed by atoms with van der Waals surface area (Å²) in [5.74, 6) is 1.07. The average Bonchev–Trinajstić information content (AvgIpc) is 2.49. The molecule has 2 unspecified atom stereocenters. The summed E-state index contributed by atoms with van der Waals surface area (Å²) in [6.07, 6.45) is 3.72. The van der Waals surface area contributed by atoms with Gasteiger partial charge in [0.1, 0.15) is 11.8 Å². The standard InChI is InChI=1S/C16H22N2O/c1-13(14-7-6-8-15(11-14)19-2)16(12-17)18-9-4-3-5-10-18/h6-8,11,13,16H,3-5,9-10H2,1-2H3. The highest BCUT2D eigenvalue weighted by atomic mass is 16.5. The number of benzene rings is 1. The van der Waals surface area contributed by atoms with Crippen LogP contribution >= 0.6 is 0 Å². The average molecular weight is 258 g/mol. The molecule has 0 spiro atoms. The number of nitrogens with zero attached hydrogens (tertiary/aromatic N) is 2. The predicted molar refractivity (Wildman–Crippen MR) is 76.2 cm³/mol. The van der Waals surface area contributed by atoms with E-state index >= 15 is 0 Å². The van der Waals surface area contributed by atoms with Gasteiger partial charge in [0.2, 0.25) is 0 Å². The Labute approximate surface area is 115 Å². The van der Waals surface area contributed by atoms with Crippen molar-refractivity contribution in [2.75, 3.05) is 20.2 Å². The summed E-state index contributed by atoms with van der Waals surface area (Å²) in [6.45, 7) is 4.23. The van der Waals surface area contributed by atoms with Gasteiger partial charge in [-0.3, -0.25) is 4.90 Å². The Morgan fingerprint density at radius 3 is 2.63 bits per heavy atom. The second-order valence-electron chi connectivity index (χ2n) is 5.24. The van der Waals surface area contributed by atoms with Crippen LogP contribution in [-0.4, -0.2) is 31.1 Å². The molecule has 0 radical (unpaired) electrons. The number of ether oxygens (including phenoxy) is 1. The molecule has 1 fully saturated rings. The Hall–Kier alpha value is -1.53. The normalized spacial score (nSPS) is 19.4. The van der Waals surface area contributed by atoms with Gasteiger partial charge in [-0.25, -0.2) is 0 Å². The van der Waals surface area contributed by atoms with Gasteiger partial charge >= 0.3 is 0 Å². The van der Waals surface area contributed by atoms with Gasteiger partial charge in [0.05, 0.1) is 13.2 Å². The first-order valence-electron chi connectivity index (χ1n) is 7.04. The van der Waals surface area contributed by atoms with E-state index in [0.717, 1.165) is 18.8 Å². The number of nitriles is 1. The van der Waals surface area contributed by atoms with Crippen molar-refractivity contribution in [3.63, 3.8) is 0 Å². The second kappa shape index (κ2) is 6.58. The molecule has 1 heterocycles. The van der Waals surface area contributed by atoms with Gasteiger partial charge < -0.3 is 4.74 Å². The molecule has 0 saturated carbocycles. The lowest BCUT2D eigenvalue weighted by atomic mass is 9.91. The van der Waals surface area contributed by atoms with Crippen molar-refractivity contribution in [3.05, 3.63) is 29.8 Å². The maximum Gasteiger partial charge on any atom is 0.119 e. The minimum Gasteiger partial charge on any atom is -0.497 e. The molecule has 1 aliphatic heterocycles. The molecule has 1 aromatic carbocycles. The number of hydrogen-bond donors (Lipinski definition) is 0. The zero-order valence-electron chi connectivity index (χ0n) is 11.8. The van der Waals surface area contributed by atoms with E-state index in [2.05, 4.69) is 24.0 Å². The van der Waals surface area contributed by atoms with Crippen LogP contribution in [0.15, 0.2) is 24.3 Å². The summed E-state index contributed by atoms with van der Waals surface area (Å²) in [5, 5.41) is 9.51. The fraction of sp³-hybridized carbons (Fsp3) is 0.562. The zero-order valence-corrected chi connectivity index (χ0v) is 11.8. The van der Waals surface area contributed by atoms with Crippen molar-refractivity contribution in [1.82, 2.24) is 4.90 Å². The van der Waals surface area contributed by atoms with Crippen LogP contribution in [0.1, 0.15) is 37.7 Å². The summed E-state index contributed by atoms with van der Waals surface area (Å²) >= 11 is 0. The lowest BCUT2D eigenvalue weighted by molar-refractivity contribution is 0.179. The van der Waals surface area contributed by atoms with Crippen LogP contribution in [0.25, 0.3) is 0 Å². The Balaban J connectivity index is 2.15. The van der Waals surface area contributed by atoms with Crippen molar-refractivity contribution in [3.8, 4) is 11.8 Å². The van der Waals surface area contributed by atoms with Crippen molar-refractivity contribution in [2.45, 2.75) is 38.1 Å². The first-order chi connectivity index (χ1) is 9.26. The fourth-order valence-electron chi connectivity index (χ4n) is 2.81. The molecule has 1 saturated heterocycles. The van der Waals surface area contributed by atoms with E-state index in [4.69, 9.17) is 4.74 Å². The van der Waals surface area contributed by atoms with E-state index in [9.17, 15) is 5.26 Å². The predicted octanol–water partition coefficient (Wildman–Crippen LogP) is 3.18. The van der Waals surface area contributed by atoms with Crippen LogP contribution in [0, 0.1) is 11.3 Å². The molecule has 1 aromatic rings. The number of hydrogen-bond acceptors (Lipinski definition) is 3. The quantitative estimate of drug-likeness (QED) is 0.832. The molecule has 1 aliphatic rings. The number of rotatable bonds is 4. The van der Waals surface area contributed by atoms with E-state index in [1.807, 2.05) is 18.2 Å². The summed E-state index contributed by atoms with van der Waals surface area (Å²) in [6, 6.07) is 10.5. The molecule has 0 aromatic heterocycles. The summed E-state index contributed by atoms with van der Waals surface area (Å²) < 4.78 is 5.27. The second-order valence-corrected chi connectivity index (χ2v) is 5.24. The molecule has 0 aliphatic carbocycles. The van der Waals surface area contributed by atoms with Gasteiger partial charge in [0.25, 0.3) is 0 Å². The van der Waals surface area contributed by atoms with Gasteiger partial charge in [-0.1, -0.05) is 25.5 Å². The van der Waals surface area contributed by atoms with E-state index in [0.29, 0.717) is 0 Å². The third-order valence-corrected chi connectivity index (χ3v) is 4.01. The van der Waals surface area contributed by atoms with Gasteiger partial charge in [0.15, 0.2) is 0 Å². The smallest absolute Gasteiger partial charge is 0.119 e. The van der Waals surface area contributed by atoms with Crippen molar-refractivity contribution < 1.29 is 4.74 Å². The molecule has 102 valence electrons. The number of piperidine rings is 1. The Bertz CT molecular complexity index is 446. The summed E-state index contributed by atoms with van der Waals surface area (Å²) in [5.41, 5.74) is 1.18. The minimum absolute atomic E-state index is 0.0348. The van der Waals surface area contributed by atoms with Gasteiger partial charge in [-0.05, 0) is 43.6 Å². The van der Waals surface area contributed by atoms with Crippen molar-refractivity contribution in [1.29, 1.82) is 5.26 Å². The van der Waals surface area contributed by atoms with Crippen LogP contribution in [0.3, 0.4) is 0 Å². The van der Waals surface area contributed by atoms with Crippen LogP contribution < -0.4 is 4.74 Å². The lowest BCUT2D eigenvalue weighted by Gasteiger charge is -2.34. The Morgan fingerprint density at radius 1 is 1.26 bits per heavy atom. The first-order valence-corrected chi connectivity index (χ1v) is 7.04. The van der Waals surface area contributed by atoms with Crippen LogP contribution in [-0.2, 0) is 0 Å². The maximum absolute atomic E-state index is 9.51. The van der Waals surface area contributed by atoms with Gasteiger partial charge in [-0.15, -0.1) is 0 Å². The molecule has 0 bridgehead atoms. The molecular weight excluding hydrogens is 236 g/mol. The minimum atomic E-state index is -0.0348. The van der Waals surface area contributed by atoms with E-state index in [-0.39, 0.29) is 12.0 Å². The van der Waals surface area contributed by atoms with Crippen LogP contribution in [0.2, 0.25) is 0 Å². The molecule has 3 nitrogen and oxygen atoms in total. The zero-order chi connectivity index (χ0) is 13.7. The van der Waals surface area contributed by atoms with Crippen molar-refractivity contribution >= 4 is 0 Å². The lowest BCUT2D eigenvalue weighted by Crippen LogP contribution is -2.41. The highest BCUT2D eigenvalue weighted by Crippen LogP contribution is 2.27. The maximum atomic E-state index is 9.51. The first kappa shape index (κ1) is 13.9. The van der Waals surface area contributed by atoms with E-state index < -0.39 is 0 Å². The summed E-state index contributed by atoms with van der Waals surface area (Å²) in [7, 11) is 1.68. The summed E-state index contributed by atoms with van der Waals surface area (Å²) in [4.78, 5) is 2.33. The largest absolute Gasteiger partial charge is 0.497 e. The van der Waals surface area contributed by atoms with Crippen molar-refractivity contribution in [2.24, 2.45) is 0 Å². The molecular formula is C16H22N2O. The monoisotopic (exact) mass is 258 g/mol. The third-order valence-electron chi connectivity index (χ3n) is 4.01. The highest BCUT2D eigenvalue weighted by Gasteiger charge is 2.26. The van der Waals surface area contributed by atoms with E-state index in [1.54, 1.807) is 7.11 Å². The van der Waals surface area contributed by atoms with Gasteiger partial charge in [0, 0.05) is 5.92 Å². The van der Waals surface area contributed by atoms with Gasteiger partial charge in [-0.2, -0.15) is 5.26 Å². The topological polar surface area (TPSA) is 36.3 Å². The highest BCUT2D eigenvalue weighted by molar-refractivity contribution is 5.32.